The van der Waals surface area contributed by atoms with Crippen molar-refractivity contribution in [2.24, 2.45) is 5.92 Å². The molecule has 11 heteroatoms. The van der Waals surface area contributed by atoms with Crippen molar-refractivity contribution in [1.29, 1.82) is 0 Å². The normalized spacial score (nSPS) is 19.7. The van der Waals surface area contributed by atoms with Crippen LogP contribution in [0.15, 0.2) is 60.7 Å². The monoisotopic (exact) mass is 631 g/mol. The molecule has 246 valence electrons. The number of rotatable bonds is 9. The van der Waals surface area contributed by atoms with Gasteiger partial charge >= 0.3 is 6.03 Å². The van der Waals surface area contributed by atoms with Crippen LogP contribution in [0.4, 0.5) is 16.2 Å². The first-order valence-electron chi connectivity index (χ1n) is 16.0. The van der Waals surface area contributed by atoms with Crippen LogP contribution < -0.4 is 15.4 Å². The van der Waals surface area contributed by atoms with Crippen LogP contribution >= 0.6 is 0 Å². The zero-order valence-electron chi connectivity index (χ0n) is 26.9. The summed E-state index contributed by atoms with van der Waals surface area (Å²) in [5, 5.41) is 17.9. The van der Waals surface area contributed by atoms with E-state index in [1.54, 1.807) is 35.0 Å². The first kappa shape index (κ1) is 33.2. The van der Waals surface area contributed by atoms with E-state index < -0.39 is 12.1 Å². The molecule has 1 saturated heterocycles. The second-order valence-corrected chi connectivity index (χ2v) is 12.3. The summed E-state index contributed by atoms with van der Waals surface area (Å²) in [6.07, 6.45) is -0.0648. The number of aliphatic hydroxyl groups excluding tert-OH is 1. The van der Waals surface area contributed by atoms with Gasteiger partial charge in [0.2, 0.25) is 11.8 Å². The van der Waals surface area contributed by atoms with Gasteiger partial charge in [0, 0.05) is 62.2 Å². The standard InChI is InChI=1S/C35H45N5O6/c1-24-21-40(25(2)23-41)34(43)20-27-19-28(36-33(42)13-14-39-15-17-45-18-16-39)11-12-31(27)46-32(24)22-38(3)35(44)37-30-10-6-8-26-7-4-5-9-29(26)30/h4-12,19,24-25,32,41H,13-18,20-23H2,1-3H3,(H,36,42)(H,37,44)/t24-,25+,32-/m1/s1. The summed E-state index contributed by atoms with van der Waals surface area (Å²) >= 11 is 0. The van der Waals surface area contributed by atoms with Crippen molar-refractivity contribution >= 4 is 40.0 Å². The van der Waals surface area contributed by atoms with Gasteiger partial charge in [-0.25, -0.2) is 4.79 Å². The van der Waals surface area contributed by atoms with Crippen LogP contribution in [0, 0.1) is 5.92 Å². The number of nitrogens with zero attached hydrogens (tertiary/aromatic N) is 3. The molecule has 2 heterocycles. The van der Waals surface area contributed by atoms with Crippen LogP contribution in [0.1, 0.15) is 25.8 Å². The van der Waals surface area contributed by atoms with Gasteiger partial charge in [-0.3, -0.25) is 14.5 Å². The highest BCUT2D eigenvalue weighted by atomic mass is 16.5. The van der Waals surface area contributed by atoms with Gasteiger partial charge in [-0.2, -0.15) is 0 Å². The smallest absolute Gasteiger partial charge is 0.321 e. The fourth-order valence-electron chi connectivity index (χ4n) is 5.93. The molecule has 3 aromatic carbocycles. The molecule has 11 nitrogen and oxygen atoms in total. The Morgan fingerprint density at radius 1 is 1.07 bits per heavy atom. The number of ether oxygens (including phenoxy) is 2. The third-order valence-corrected chi connectivity index (χ3v) is 8.79. The van der Waals surface area contributed by atoms with Gasteiger partial charge in [-0.15, -0.1) is 0 Å². The van der Waals surface area contributed by atoms with Gasteiger partial charge in [0.15, 0.2) is 0 Å². The van der Waals surface area contributed by atoms with Gasteiger partial charge < -0.3 is 35.0 Å². The molecule has 5 rings (SSSR count). The number of carbonyl (C=O) groups is 3. The Labute approximate surface area is 270 Å². The van der Waals surface area contributed by atoms with Gasteiger partial charge in [-0.1, -0.05) is 43.3 Å². The number of hydrogen-bond donors (Lipinski definition) is 3. The number of urea groups is 1. The molecule has 0 unspecified atom stereocenters. The van der Waals surface area contributed by atoms with Gasteiger partial charge in [0.05, 0.1) is 44.5 Å². The Morgan fingerprint density at radius 3 is 2.61 bits per heavy atom. The zero-order valence-corrected chi connectivity index (χ0v) is 26.9. The van der Waals surface area contributed by atoms with Crippen molar-refractivity contribution in [2.45, 2.75) is 38.8 Å². The fraction of sp³-hybridized carbons (Fsp3) is 0.457. The number of aliphatic hydroxyl groups is 1. The van der Waals surface area contributed by atoms with Crippen LogP contribution in [0.25, 0.3) is 10.8 Å². The summed E-state index contributed by atoms with van der Waals surface area (Å²) in [7, 11) is 1.72. The molecule has 0 saturated carbocycles. The van der Waals surface area contributed by atoms with Crippen molar-refractivity contribution in [3.8, 4) is 5.75 Å². The fourth-order valence-corrected chi connectivity index (χ4v) is 5.93. The lowest BCUT2D eigenvalue weighted by Crippen LogP contribution is -2.48. The first-order chi connectivity index (χ1) is 22.2. The van der Waals surface area contributed by atoms with E-state index in [0.717, 1.165) is 29.5 Å². The van der Waals surface area contributed by atoms with Crippen molar-refractivity contribution in [2.75, 3.05) is 70.2 Å². The molecule has 0 aliphatic carbocycles. The number of nitrogens with one attached hydrogen (secondary N) is 2. The number of benzene rings is 3. The van der Waals surface area contributed by atoms with Gasteiger partial charge in [0.1, 0.15) is 11.9 Å². The van der Waals surface area contributed by atoms with Crippen LogP contribution in [0.2, 0.25) is 0 Å². The summed E-state index contributed by atoms with van der Waals surface area (Å²) in [6.45, 7) is 7.86. The summed E-state index contributed by atoms with van der Waals surface area (Å²) in [5.41, 5.74) is 1.93. The molecular formula is C35H45N5O6. The highest BCUT2D eigenvalue weighted by Gasteiger charge is 2.32. The Balaban J connectivity index is 1.32. The van der Waals surface area contributed by atoms with E-state index in [1.165, 1.54) is 0 Å². The number of hydrogen-bond acceptors (Lipinski definition) is 7. The molecule has 3 atom stereocenters. The molecule has 0 bridgehead atoms. The minimum atomic E-state index is -0.463. The minimum absolute atomic E-state index is 0.0496. The lowest BCUT2D eigenvalue weighted by molar-refractivity contribution is -0.134. The number of amides is 4. The number of anilines is 2. The number of fused-ring (bicyclic) bond motifs is 2. The molecule has 2 aliphatic heterocycles. The van der Waals surface area contributed by atoms with E-state index in [2.05, 4.69) is 15.5 Å². The van der Waals surface area contributed by atoms with E-state index in [4.69, 9.17) is 9.47 Å². The molecular weight excluding hydrogens is 586 g/mol. The zero-order chi connectivity index (χ0) is 32.6. The van der Waals surface area contributed by atoms with Gasteiger partial charge in [-0.05, 0) is 36.6 Å². The second kappa shape index (κ2) is 15.4. The van der Waals surface area contributed by atoms with Crippen molar-refractivity contribution in [3.05, 3.63) is 66.2 Å². The summed E-state index contributed by atoms with van der Waals surface area (Å²) in [4.78, 5) is 45.2. The predicted octanol–water partition coefficient (Wildman–Crippen LogP) is 3.81. The maximum absolute atomic E-state index is 13.6. The van der Waals surface area contributed by atoms with Crippen molar-refractivity contribution < 1.29 is 29.0 Å². The van der Waals surface area contributed by atoms with E-state index in [1.807, 2.05) is 56.3 Å². The number of morpholine rings is 1. The van der Waals surface area contributed by atoms with E-state index >= 15 is 0 Å². The van der Waals surface area contributed by atoms with Crippen molar-refractivity contribution in [1.82, 2.24) is 14.7 Å². The lowest BCUT2D eigenvalue weighted by Gasteiger charge is -2.34. The predicted molar refractivity (Wildman–Crippen MR) is 178 cm³/mol. The summed E-state index contributed by atoms with van der Waals surface area (Å²) < 4.78 is 12.0. The maximum atomic E-state index is 13.6. The highest BCUT2D eigenvalue weighted by molar-refractivity contribution is 6.01. The first-order valence-corrected chi connectivity index (χ1v) is 16.0. The lowest BCUT2D eigenvalue weighted by atomic mass is 10.0. The molecule has 3 aromatic rings. The highest BCUT2D eigenvalue weighted by Crippen LogP contribution is 2.30. The Morgan fingerprint density at radius 2 is 1.83 bits per heavy atom. The van der Waals surface area contributed by atoms with E-state index in [0.29, 0.717) is 49.7 Å². The average molecular weight is 632 g/mol. The third-order valence-electron chi connectivity index (χ3n) is 8.79. The summed E-state index contributed by atoms with van der Waals surface area (Å²) in [5.74, 6) is 0.105. The Hall–Kier alpha value is -4.19. The molecule has 1 fully saturated rings. The summed E-state index contributed by atoms with van der Waals surface area (Å²) in [6, 6.07) is 18.3. The molecule has 0 spiro atoms. The number of carbonyl (C=O) groups excluding carboxylic acids is 3. The average Bonchev–Trinajstić information content (AvgIpc) is 3.11. The minimum Gasteiger partial charge on any atom is -0.488 e. The number of likely N-dealkylation sites (N-methyl/N-ethyl adjacent to an activating group) is 1. The van der Waals surface area contributed by atoms with Crippen LogP contribution in [-0.2, 0) is 20.7 Å². The quantitative estimate of drug-likeness (QED) is 0.328. The van der Waals surface area contributed by atoms with Crippen LogP contribution in [0.5, 0.6) is 5.75 Å². The molecule has 0 radical (unpaired) electrons. The molecule has 2 aliphatic rings. The topological polar surface area (TPSA) is 124 Å². The Kier molecular flexibility index (Phi) is 11.1. The third kappa shape index (κ3) is 8.34. The SMILES string of the molecule is C[C@@H]1CN([C@@H](C)CO)C(=O)Cc2cc(NC(=O)CCN3CCOCC3)ccc2O[C@@H]1CN(C)C(=O)Nc1cccc2ccccc12. The molecule has 4 amide bonds. The maximum Gasteiger partial charge on any atom is 0.321 e. The van der Waals surface area contributed by atoms with Crippen LogP contribution in [-0.4, -0.2) is 109 Å². The van der Waals surface area contributed by atoms with Crippen LogP contribution in [0.3, 0.4) is 0 Å². The molecule has 3 N–H and O–H groups in total. The van der Waals surface area contributed by atoms with Gasteiger partial charge in [0.25, 0.3) is 0 Å². The molecule has 0 aromatic heterocycles. The molecule has 46 heavy (non-hydrogen) atoms. The van der Waals surface area contributed by atoms with E-state index in [9.17, 15) is 19.5 Å². The van der Waals surface area contributed by atoms with E-state index in [-0.39, 0.29) is 43.3 Å². The van der Waals surface area contributed by atoms with Crippen molar-refractivity contribution in [3.63, 3.8) is 0 Å². The largest absolute Gasteiger partial charge is 0.488 e. The Bertz CT molecular complexity index is 1520. The second-order valence-electron chi connectivity index (χ2n) is 12.3.